The summed E-state index contributed by atoms with van der Waals surface area (Å²) in [6, 6.07) is 9.16. The average Bonchev–Trinajstić information content (AvgIpc) is 3.19. The highest BCUT2D eigenvalue weighted by molar-refractivity contribution is 6.30. The van der Waals surface area contributed by atoms with Crippen molar-refractivity contribution in [3.05, 3.63) is 34.9 Å². The van der Waals surface area contributed by atoms with Crippen molar-refractivity contribution in [3.63, 3.8) is 0 Å². The predicted molar refractivity (Wildman–Crippen MR) is 88.4 cm³/mol. The monoisotopic (exact) mass is 293 g/mol. The van der Waals surface area contributed by atoms with Gasteiger partial charge in [0, 0.05) is 11.1 Å². The Kier molecular flexibility index (Phi) is 6.38. The van der Waals surface area contributed by atoms with Crippen LogP contribution in [0.2, 0.25) is 5.02 Å². The molecule has 1 aromatic rings. The second kappa shape index (κ2) is 8.05. The van der Waals surface area contributed by atoms with Crippen molar-refractivity contribution in [1.82, 2.24) is 5.32 Å². The van der Waals surface area contributed by atoms with Crippen LogP contribution in [0.25, 0.3) is 0 Å². The molecule has 1 N–H and O–H groups in total. The van der Waals surface area contributed by atoms with Crippen molar-refractivity contribution in [2.24, 2.45) is 11.8 Å². The molecule has 0 aromatic heterocycles. The van der Waals surface area contributed by atoms with Gasteiger partial charge in [0.15, 0.2) is 0 Å². The number of hydrogen-bond donors (Lipinski definition) is 1. The van der Waals surface area contributed by atoms with Crippen LogP contribution in [0.4, 0.5) is 0 Å². The number of rotatable bonds is 9. The number of benzene rings is 1. The van der Waals surface area contributed by atoms with E-state index in [0.717, 1.165) is 35.9 Å². The minimum Gasteiger partial charge on any atom is -0.314 e. The smallest absolute Gasteiger partial charge is 0.0408 e. The quantitative estimate of drug-likeness (QED) is 0.670. The summed E-state index contributed by atoms with van der Waals surface area (Å²) in [6.07, 6.45) is 7.90. The Morgan fingerprint density at radius 2 is 2.05 bits per heavy atom. The predicted octanol–water partition coefficient (Wildman–Crippen LogP) is 5.08. The first-order chi connectivity index (χ1) is 9.63. The fourth-order valence-electron chi connectivity index (χ4n) is 2.71. The molecule has 1 aliphatic carbocycles. The van der Waals surface area contributed by atoms with Crippen molar-refractivity contribution in [1.29, 1.82) is 0 Å². The first kappa shape index (κ1) is 15.9. The normalized spacial score (nSPS) is 16.6. The summed E-state index contributed by atoms with van der Waals surface area (Å²) in [7, 11) is 0. The molecule has 1 atom stereocenters. The second-order valence-electron chi connectivity index (χ2n) is 6.71. The van der Waals surface area contributed by atoms with Crippen molar-refractivity contribution in [2.75, 3.05) is 6.54 Å². The molecule has 0 spiro atoms. The van der Waals surface area contributed by atoms with Crippen LogP contribution in [0.3, 0.4) is 0 Å². The maximum atomic E-state index is 6.10. The summed E-state index contributed by atoms with van der Waals surface area (Å²) in [4.78, 5) is 0. The van der Waals surface area contributed by atoms with Crippen LogP contribution in [0.1, 0.15) is 51.5 Å². The largest absolute Gasteiger partial charge is 0.314 e. The van der Waals surface area contributed by atoms with Crippen LogP contribution in [-0.2, 0) is 6.42 Å². The molecule has 112 valence electrons. The minimum atomic E-state index is 0.743. The molecular formula is C18H28ClN. The molecule has 0 bridgehead atoms. The Morgan fingerprint density at radius 3 is 2.70 bits per heavy atom. The molecule has 0 amide bonds. The lowest BCUT2D eigenvalue weighted by atomic mass is 9.92. The zero-order valence-corrected chi connectivity index (χ0v) is 13.6. The van der Waals surface area contributed by atoms with Crippen LogP contribution in [0, 0.1) is 11.8 Å². The lowest BCUT2D eigenvalue weighted by Crippen LogP contribution is -2.26. The topological polar surface area (TPSA) is 12.0 Å². The second-order valence-corrected chi connectivity index (χ2v) is 7.14. The summed E-state index contributed by atoms with van der Waals surface area (Å²) in [5.41, 5.74) is 1.38. The van der Waals surface area contributed by atoms with E-state index in [9.17, 15) is 0 Å². The molecule has 1 fully saturated rings. The molecule has 2 rings (SSSR count). The first-order valence-electron chi connectivity index (χ1n) is 8.11. The van der Waals surface area contributed by atoms with Gasteiger partial charge in [-0.25, -0.2) is 0 Å². The van der Waals surface area contributed by atoms with E-state index in [1.165, 1.54) is 37.7 Å². The SMILES string of the molecule is CC(C)CCCC(CNC1CC1)Cc1cccc(Cl)c1. The van der Waals surface area contributed by atoms with Crippen molar-refractivity contribution < 1.29 is 0 Å². The molecule has 1 aromatic carbocycles. The minimum absolute atomic E-state index is 0.743. The summed E-state index contributed by atoms with van der Waals surface area (Å²) in [5.74, 6) is 1.56. The molecule has 1 aliphatic rings. The molecule has 2 heteroatoms. The number of halogens is 1. The number of hydrogen-bond acceptors (Lipinski definition) is 1. The Balaban J connectivity index is 1.83. The van der Waals surface area contributed by atoms with Gasteiger partial charge in [-0.3, -0.25) is 0 Å². The van der Waals surface area contributed by atoms with E-state index in [0.29, 0.717) is 0 Å². The fraction of sp³-hybridized carbons (Fsp3) is 0.667. The van der Waals surface area contributed by atoms with Crippen LogP contribution >= 0.6 is 11.6 Å². The fourth-order valence-corrected chi connectivity index (χ4v) is 2.92. The highest BCUT2D eigenvalue weighted by Crippen LogP contribution is 2.22. The van der Waals surface area contributed by atoms with Gasteiger partial charge >= 0.3 is 0 Å². The highest BCUT2D eigenvalue weighted by Gasteiger charge is 2.22. The maximum absolute atomic E-state index is 6.10. The van der Waals surface area contributed by atoms with Gasteiger partial charge in [-0.2, -0.15) is 0 Å². The summed E-state index contributed by atoms with van der Waals surface area (Å²) in [5, 5.41) is 4.56. The third-order valence-corrected chi connectivity index (χ3v) is 4.31. The van der Waals surface area contributed by atoms with Crippen molar-refractivity contribution in [3.8, 4) is 0 Å². The zero-order chi connectivity index (χ0) is 14.4. The summed E-state index contributed by atoms with van der Waals surface area (Å²) < 4.78 is 0. The van der Waals surface area contributed by atoms with E-state index in [1.807, 2.05) is 6.07 Å². The van der Waals surface area contributed by atoms with Crippen molar-refractivity contribution >= 4 is 11.6 Å². The molecule has 1 saturated carbocycles. The molecule has 1 nitrogen and oxygen atoms in total. The van der Waals surface area contributed by atoms with Crippen LogP contribution in [0.15, 0.2) is 24.3 Å². The van der Waals surface area contributed by atoms with E-state index in [2.05, 4.69) is 37.4 Å². The lowest BCUT2D eigenvalue weighted by Gasteiger charge is -2.18. The van der Waals surface area contributed by atoms with E-state index >= 15 is 0 Å². The highest BCUT2D eigenvalue weighted by atomic mass is 35.5. The standard InChI is InChI=1S/C18H28ClN/c1-14(2)5-3-7-16(13-20-18-9-10-18)11-15-6-4-8-17(19)12-15/h4,6,8,12,14,16,18,20H,3,5,7,9-11,13H2,1-2H3. The van der Waals surface area contributed by atoms with Crippen LogP contribution in [0.5, 0.6) is 0 Å². The molecule has 0 radical (unpaired) electrons. The van der Waals surface area contributed by atoms with Crippen molar-refractivity contribution in [2.45, 2.75) is 58.4 Å². The molecule has 20 heavy (non-hydrogen) atoms. The Morgan fingerprint density at radius 1 is 1.25 bits per heavy atom. The Bertz CT molecular complexity index is 398. The first-order valence-corrected chi connectivity index (χ1v) is 8.49. The van der Waals surface area contributed by atoms with Gasteiger partial charge in [0.2, 0.25) is 0 Å². The molecule has 0 saturated heterocycles. The van der Waals surface area contributed by atoms with E-state index in [-0.39, 0.29) is 0 Å². The van der Waals surface area contributed by atoms with Gasteiger partial charge in [-0.15, -0.1) is 0 Å². The van der Waals surface area contributed by atoms with Crippen LogP contribution < -0.4 is 5.32 Å². The molecule has 0 heterocycles. The van der Waals surface area contributed by atoms with E-state index in [4.69, 9.17) is 11.6 Å². The Labute approximate surface area is 129 Å². The van der Waals surface area contributed by atoms with E-state index in [1.54, 1.807) is 0 Å². The summed E-state index contributed by atoms with van der Waals surface area (Å²) >= 11 is 6.10. The van der Waals surface area contributed by atoms with Gasteiger partial charge in [0.25, 0.3) is 0 Å². The van der Waals surface area contributed by atoms with Gasteiger partial charge in [-0.1, -0.05) is 50.4 Å². The third kappa shape index (κ3) is 6.28. The number of nitrogens with one attached hydrogen (secondary N) is 1. The average molecular weight is 294 g/mol. The van der Waals surface area contributed by atoms with Gasteiger partial charge in [0.05, 0.1) is 0 Å². The maximum Gasteiger partial charge on any atom is 0.0408 e. The summed E-state index contributed by atoms with van der Waals surface area (Å²) in [6.45, 7) is 5.79. The third-order valence-electron chi connectivity index (χ3n) is 4.08. The lowest BCUT2D eigenvalue weighted by molar-refractivity contribution is 0.405. The van der Waals surface area contributed by atoms with Gasteiger partial charge < -0.3 is 5.32 Å². The molecule has 1 unspecified atom stereocenters. The molecule has 0 aliphatic heterocycles. The van der Waals surface area contributed by atoms with Gasteiger partial charge in [0.1, 0.15) is 0 Å². The zero-order valence-electron chi connectivity index (χ0n) is 12.9. The van der Waals surface area contributed by atoms with E-state index < -0.39 is 0 Å². The van der Waals surface area contributed by atoms with Gasteiger partial charge in [-0.05, 0) is 61.8 Å². The van der Waals surface area contributed by atoms with Crippen LogP contribution in [-0.4, -0.2) is 12.6 Å². The Hall–Kier alpha value is -0.530. The molecular weight excluding hydrogens is 266 g/mol.